The van der Waals surface area contributed by atoms with Crippen LogP contribution < -0.4 is 4.90 Å². The predicted octanol–water partition coefficient (Wildman–Crippen LogP) is 2.81. The predicted molar refractivity (Wildman–Crippen MR) is 73.7 cm³/mol. The van der Waals surface area contributed by atoms with Gasteiger partial charge in [-0.1, -0.05) is 23.2 Å². The molecule has 2 amide bonds. The molecule has 1 aliphatic heterocycles. The molecule has 1 saturated heterocycles. The molecule has 1 fully saturated rings. The van der Waals surface area contributed by atoms with Crippen molar-refractivity contribution in [3.63, 3.8) is 0 Å². The van der Waals surface area contributed by atoms with Crippen molar-refractivity contribution in [3.8, 4) is 0 Å². The molecular formula is C12H14Cl2N2O3. The number of amides is 2. The molecule has 1 aromatic rings. The number of halogens is 2. The number of nitrogens with zero attached hydrogens (tertiary/aromatic N) is 2. The van der Waals surface area contributed by atoms with E-state index >= 15 is 0 Å². The van der Waals surface area contributed by atoms with Gasteiger partial charge in [-0.05, 0) is 18.2 Å². The lowest BCUT2D eigenvalue weighted by Gasteiger charge is -2.23. The third-order valence-corrected chi connectivity index (χ3v) is 3.55. The highest BCUT2D eigenvalue weighted by atomic mass is 35.5. The zero-order valence-electron chi connectivity index (χ0n) is 10.6. The number of urea groups is 1. The molecule has 7 heteroatoms. The summed E-state index contributed by atoms with van der Waals surface area (Å²) in [6.07, 6.45) is -0.408. The van der Waals surface area contributed by atoms with Crippen LogP contribution in [0.4, 0.5) is 10.5 Å². The van der Waals surface area contributed by atoms with Crippen molar-refractivity contribution in [2.75, 3.05) is 32.4 Å². The molecule has 104 valence electrons. The van der Waals surface area contributed by atoms with E-state index in [4.69, 9.17) is 32.7 Å². The van der Waals surface area contributed by atoms with E-state index in [0.717, 1.165) is 0 Å². The summed E-state index contributed by atoms with van der Waals surface area (Å²) < 4.78 is 10.4. The first-order valence-corrected chi connectivity index (χ1v) is 6.40. The van der Waals surface area contributed by atoms with Gasteiger partial charge in [0.05, 0.1) is 16.6 Å². The maximum Gasteiger partial charge on any atom is 0.326 e. The Bertz CT molecular complexity index is 484. The van der Waals surface area contributed by atoms with Gasteiger partial charge in [-0.2, -0.15) is 0 Å². The molecule has 1 atom stereocenters. The van der Waals surface area contributed by atoms with E-state index in [-0.39, 0.29) is 12.8 Å². The van der Waals surface area contributed by atoms with Crippen molar-refractivity contribution in [2.24, 2.45) is 0 Å². The molecule has 2 rings (SSSR count). The number of rotatable bonds is 4. The highest BCUT2D eigenvalue weighted by Gasteiger charge is 2.37. The van der Waals surface area contributed by atoms with Crippen LogP contribution in [0.1, 0.15) is 0 Å². The van der Waals surface area contributed by atoms with Crippen LogP contribution in [0.2, 0.25) is 10.0 Å². The lowest BCUT2D eigenvalue weighted by Crippen LogP contribution is -2.36. The fourth-order valence-corrected chi connectivity index (χ4v) is 2.18. The highest BCUT2D eigenvalue weighted by Crippen LogP contribution is 2.31. The van der Waals surface area contributed by atoms with Gasteiger partial charge in [0.1, 0.15) is 6.79 Å². The zero-order valence-corrected chi connectivity index (χ0v) is 12.1. The van der Waals surface area contributed by atoms with E-state index in [0.29, 0.717) is 22.3 Å². The molecule has 0 aliphatic carbocycles. The van der Waals surface area contributed by atoms with E-state index in [9.17, 15) is 4.79 Å². The zero-order chi connectivity index (χ0) is 14.0. The summed E-state index contributed by atoms with van der Waals surface area (Å²) in [5.74, 6) is 0. The van der Waals surface area contributed by atoms with Crippen LogP contribution in [0.25, 0.3) is 0 Å². The van der Waals surface area contributed by atoms with Crippen LogP contribution in [0.15, 0.2) is 18.2 Å². The number of anilines is 1. The second-order valence-electron chi connectivity index (χ2n) is 4.16. The smallest absolute Gasteiger partial charge is 0.326 e. The number of methoxy groups -OCH3 is 1. The number of hydrogen-bond donors (Lipinski definition) is 0. The Labute approximate surface area is 121 Å². The molecule has 1 aliphatic rings. The van der Waals surface area contributed by atoms with Crippen molar-refractivity contribution in [1.82, 2.24) is 4.90 Å². The SMILES string of the molecule is COCOC1CN(C)C(=O)N1c1ccc(Cl)c(Cl)c1. The molecule has 0 spiro atoms. The maximum absolute atomic E-state index is 12.1. The van der Waals surface area contributed by atoms with E-state index < -0.39 is 6.23 Å². The molecule has 19 heavy (non-hydrogen) atoms. The third kappa shape index (κ3) is 2.95. The van der Waals surface area contributed by atoms with Crippen LogP contribution in [0, 0.1) is 0 Å². The molecule has 1 heterocycles. The van der Waals surface area contributed by atoms with Gasteiger partial charge in [0.25, 0.3) is 0 Å². The van der Waals surface area contributed by atoms with Gasteiger partial charge in [0.15, 0.2) is 6.23 Å². The van der Waals surface area contributed by atoms with Crippen LogP contribution in [-0.2, 0) is 9.47 Å². The summed E-state index contributed by atoms with van der Waals surface area (Å²) in [6.45, 7) is 0.575. The van der Waals surface area contributed by atoms with Crippen molar-refractivity contribution in [1.29, 1.82) is 0 Å². The first-order valence-electron chi connectivity index (χ1n) is 5.64. The second-order valence-corrected chi connectivity index (χ2v) is 4.97. The third-order valence-electron chi connectivity index (χ3n) is 2.81. The Morgan fingerprint density at radius 3 is 2.74 bits per heavy atom. The van der Waals surface area contributed by atoms with Crippen molar-refractivity contribution in [3.05, 3.63) is 28.2 Å². The lowest BCUT2D eigenvalue weighted by molar-refractivity contribution is -0.0655. The maximum atomic E-state index is 12.1. The van der Waals surface area contributed by atoms with Gasteiger partial charge in [-0.3, -0.25) is 4.90 Å². The average Bonchev–Trinajstić information content (AvgIpc) is 2.66. The van der Waals surface area contributed by atoms with Crippen LogP contribution >= 0.6 is 23.2 Å². The quantitative estimate of drug-likeness (QED) is 0.803. The summed E-state index contributed by atoms with van der Waals surface area (Å²) in [4.78, 5) is 15.2. The Hall–Kier alpha value is -1.01. The number of carbonyl (C=O) groups excluding carboxylic acids is 1. The minimum atomic E-state index is -0.408. The minimum absolute atomic E-state index is 0.115. The molecule has 0 bridgehead atoms. The fraction of sp³-hybridized carbons (Fsp3) is 0.417. The van der Waals surface area contributed by atoms with Gasteiger partial charge in [0.2, 0.25) is 0 Å². The lowest BCUT2D eigenvalue weighted by atomic mass is 10.3. The van der Waals surface area contributed by atoms with Crippen LogP contribution in [-0.4, -0.2) is 44.7 Å². The van der Waals surface area contributed by atoms with Crippen molar-refractivity contribution >= 4 is 34.9 Å². The molecule has 0 N–H and O–H groups in total. The van der Waals surface area contributed by atoms with Gasteiger partial charge in [-0.15, -0.1) is 0 Å². The Kier molecular flexibility index (Phi) is 4.52. The van der Waals surface area contributed by atoms with E-state index in [1.807, 2.05) is 0 Å². The normalized spacial score (nSPS) is 19.4. The monoisotopic (exact) mass is 304 g/mol. The molecule has 1 unspecified atom stereocenters. The summed E-state index contributed by atoms with van der Waals surface area (Å²) in [5.41, 5.74) is 0.643. The Balaban J connectivity index is 2.27. The van der Waals surface area contributed by atoms with E-state index in [1.54, 1.807) is 30.1 Å². The first kappa shape index (κ1) is 14.4. The molecule has 0 aromatic heterocycles. The standard InChI is InChI=1S/C12H14Cl2N2O3/c1-15-6-11(19-7-18-2)16(12(15)17)8-3-4-9(13)10(14)5-8/h3-5,11H,6-7H2,1-2H3. The minimum Gasteiger partial charge on any atom is -0.359 e. The molecule has 0 radical (unpaired) electrons. The fourth-order valence-electron chi connectivity index (χ4n) is 1.89. The first-order chi connectivity index (χ1) is 9.04. The summed E-state index contributed by atoms with van der Waals surface area (Å²) in [6, 6.07) is 4.87. The molecular weight excluding hydrogens is 291 g/mol. The molecule has 1 aromatic carbocycles. The largest absolute Gasteiger partial charge is 0.359 e. The molecule has 5 nitrogen and oxygen atoms in total. The van der Waals surface area contributed by atoms with E-state index in [2.05, 4.69) is 0 Å². The number of ether oxygens (including phenoxy) is 2. The van der Waals surface area contributed by atoms with E-state index in [1.165, 1.54) is 12.0 Å². The summed E-state index contributed by atoms with van der Waals surface area (Å²) in [5, 5.41) is 0.840. The summed E-state index contributed by atoms with van der Waals surface area (Å²) >= 11 is 11.9. The second kappa shape index (κ2) is 5.96. The summed E-state index contributed by atoms with van der Waals surface area (Å²) in [7, 11) is 3.24. The van der Waals surface area contributed by atoms with Gasteiger partial charge < -0.3 is 14.4 Å². The van der Waals surface area contributed by atoms with Crippen LogP contribution in [0.3, 0.4) is 0 Å². The average molecular weight is 305 g/mol. The number of carbonyl (C=O) groups is 1. The van der Waals surface area contributed by atoms with Gasteiger partial charge >= 0.3 is 6.03 Å². The van der Waals surface area contributed by atoms with Crippen LogP contribution in [0.5, 0.6) is 0 Å². The highest BCUT2D eigenvalue weighted by molar-refractivity contribution is 6.42. The topological polar surface area (TPSA) is 42.0 Å². The Morgan fingerprint density at radius 2 is 2.11 bits per heavy atom. The number of hydrogen-bond acceptors (Lipinski definition) is 3. The van der Waals surface area contributed by atoms with Gasteiger partial charge in [-0.25, -0.2) is 4.79 Å². The van der Waals surface area contributed by atoms with Gasteiger partial charge in [0, 0.05) is 19.8 Å². The number of benzene rings is 1. The molecule has 0 saturated carbocycles. The van der Waals surface area contributed by atoms with Crippen molar-refractivity contribution < 1.29 is 14.3 Å². The van der Waals surface area contributed by atoms with Crippen molar-refractivity contribution in [2.45, 2.75) is 6.23 Å². The number of likely N-dealkylation sites (N-methyl/N-ethyl adjacent to an activating group) is 1. The Morgan fingerprint density at radius 1 is 1.37 bits per heavy atom.